The molecule has 1 aromatic rings. The Balaban J connectivity index is 2.22. The van der Waals surface area contributed by atoms with E-state index in [1.54, 1.807) is 19.3 Å². The molecule has 1 fully saturated rings. The van der Waals surface area contributed by atoms with Crippen LogP contribution >= 0.6 is 0 Å². The van der Waals surface area contributed by atoms with Gasteiger partial charge in [0.2, 0.25) is 0 Å². The van der Waals surface area contributed by atoms with Crippen LogP contribution in [0.1, 0.15) is 36.0 Å². The highest BCUT2D eigenvalue weighted by Crippen LogP contribution is 2.24. The first-order valence-electron chi connectivity index (χ1n) is 6.81. The molecule has 19 heavy (non-hydrogen) atoms. The number of nitrogens with two attached hydrogens (primary N) is 1. The van der Waals surface area contributed by atoms with Crippen LogP contribution in [0.2, 0.25) is 0 Å². The summed E-state index contributed by atoms with van der Waals surface area (Å²) in [4.78, 5) is 26.0. The van der Waals surface area contributed by atoms with Gasteiger partial charge in [-0.2, -0.15) is 0 Å². The zero-order valence-corrected chi connectivity index (χ0v) is 11.3. The second-order valence-electron chi connectivity index (χ2n) is 5.09. The number of aryl methyl sites for hydroxylation is 1. The summed E-state index contributed by atoms with van der Waals surface area (Å²) in [5, 5.41) is 0. The fourth-order valence-corrected chi connectivity index (χ4v) is 2.65. The van der Waals surface area contributed by atoms with E-state index in [0.717, 1.165) is 25.7 Å². The summed E-state index contributed by atoms with van der Waals surface area (Å²) in [6.07, 6.45) is 6.03. The maximum atomic E-state index is 12.5. The number of hydrogen-bond acceptors (Lipinski definition) is 3. The summed E-state index contributed by atoms with van der Waals surface area (Å²) in [5.74, 6) is -0.0740. The summed E-state index contributed by atoms with van der Waals surface area (Å²) >= 11 is 0. The van der Waals surface area contributed by atoms with Gasteiger partial charge in [-0.25, -0.2) is 0 Å². The third kappa shape index (κ3) is 3.04. The monoisotopic (exact) mass is 263 g/mol. The summed E-state index contributed by atoms with van der Waals surface area (Å²) in [6.45, 7) is 1.01. The molecule has 2 N–H and O–H groups in total. The lowest BCUT2D eigenvalue weighted by Crippen LogP contribution is -2.42. The summed E-state index contributed by atoms with van der Waals surface area (Å²) in [7, 11) is 1.67. The van der Waals surface area contributed by atoms with E-state index < -0.39 is 0 Å². The van der Waals surface area contributed by atoms with Gasteiger partial charge in [0.25, 0.3) is 11.5 Å². The van der Waals surface area contributed by atoms with E-state index >= 15 is 0 Å². The first-order valence-corrected chi connectivity index (χ1v) is 6.81. The largest absolute Gasteiger partial charge is 0.334 e. The van der Waals surface area contributed by atoms with Crippen molar-refractivity contribution in [2.75, 3.05) is 13.1 Å². The number of carbonyl (C=O) groups is 1. The van der Waals surface area contributed by atoms with Gasteiger partial charge in [0.1, 0.15) is 0 Å². The Kier molecular flexibility index (Phi) is 4.37. The van der Waals surface area contributed by atoms with E-state index in [9.17, 15) is 9.59 Å². The van der Waals surface area contributed by atoms with Crippen molar-refractivity contribution in [3.05, 3.63) is 34.2 Å². The smallest absolute Gasteiger partial charge is 0.254 e. The summed E-state index contributed by atoms with van der Waals surface area (Å²) < 4.78 is 1.46. The zero-order chi connectivity index (χ0) is 13.8. The lowest BCUT2D eigenvalue weighted by molar-refractivity contribution is 0.0687. The molecule has 0 radical (unpaired) electrons. The molecule has 0 aliphatic heterocycles. The molecular formula is C14H21N3O2. The standard InChI is InChI=1S/C14H21N3O2/c1-16-8-6-11(10-13(16)18)14(19)17(9-7-15)12-4-2-3-5-12/h6,8,10,12H,2-5,7,9,15H2,1H3. The molecule has 0 aromatic carbocycles. The normalized spacial score (nSPS) is 15.7. The topological polar surface area (TPSA) is 68.3 Å². The van der Waals surface area contributed by atoms with Crippen molar-refractivity contribution < 1.29 is 4.79 Å². The average molecular weight is 263 g/mol. The van der Waals surface area contributed by atoms with Crippen LogP contribution in [0.4, 0.5) is 0 Å². The highest BCUT2D eigenvalue weighted by Gasteiger charge is 2.26. The van der Waals surface area contributed by atoms with Crippen LogP contribution in [-0.4, -0.2) is 34.5 Å². The molecule has 5 heteroatoms. The molecule has 1 heterocycles. The van der Waals surface area contributed by atoms with Crippen molar-refractivity contribution in [3.8, 4) is 0 Å². The maximum absolute atomic E-state index is 12.5. The Morgan fingerprint density at radius 3 is 2.74 bits per heavy atom. The summed E-state index contributed by atoms with van der Waals surface area (Å²) in [6, 6.07) is 3.38. The molecule has 5 nitrogen and oxygen atoms in total. The van der Waals surface area contributed by atoms with Gasteiger partial charge in [0, 0.05) is 44.0 Å². The number of amides is 1. The van der Waals surface area contributed by atoms with Crippen molar-refractivity contribution >= 4 is 5.91 Å². The summed E-state index contributed by atoms with van der Waals surface area (Å²) in [5.41, 5.74) is 5.91. The predicted octanol–water partition coefficient (Wildman–Crippen LogP) is 0.729. The number of nitrogens with zero attached hydrogens (tertiary/aromatic N) is 2. The number of aromatic nitrogens is 1. The van der Waals surface area contributed by atoms with Gasteiger partial charge in [-0.15, -0.1) is 0 Å². The van der Waals surface area contributed by atoms with E-state index in [4.69, 9.17) is 5.73 Å². The minimum Gasteiger partial charge on any atom is -0.334 e. The number of pyridine rings is 1. The third-order valence-corrected chi connectivity index (χ3v) is 3.75. The van der Waals surface area contributed by atoms with Gasteiger partial charge in [-0.1, -0.05) is 12.8 Å². The van der Waals surface area contributed by atoms with Crippen molar-refractivity contribution in [2.45, 2.75) is 31.7 Å². The molecule has 1 aromatic heterocycles. The van der Waals surface area contributed by atoms with Crippen molar-refractivity contribution in [3.63, 3.8) is 0 Å². The van der Waals surface area contributed by atoms with Crippen molar-refractivity contribution in [1.82, 2.24) is 9.47 Å². The SMILES string of the molecule is Cn1ccc(C(=O)N(CCN)C2CCCC2)cc1=O. The van der Waals surface area contributed by atoms with Gasteiger partial charge in [0.15, 0.2) is 0 Å². The van der Waals surface area contributed by atoms with Crippen LogP contribution in [0.3, 0.4) is 0 Å². The molecule has 0 spiro atoms. The molecule has 0 atom stereocenters. The number of rotatable bonds is 4. The lowest BCUT2D eigenvalue weighted by Gasteiger charge is -2.28. The molecule has 2 rings (SSSR count). The van der Waals surface area contributed by atoms with Crippen LogP contribution in [0.15, 0.2) is 23.1 Å². The fourth-order valence-electron chi connectivity index (χ4n) is 2.65. The van der Waals surface area contributed by atoms with Crippen molar-refractivity contribution in [2.24, 2.45) is 12.8 Å². The van der Waals surface area contributed by atoms with Crippen LogP contribution in [0.5, 0.6) is 0 Å². The molecule has 104 valence electrons. The average Bonchev–Trinajstić information content (AvgIpc) is 2.92. The van der Waals surface area contributed by atoms with Gasteiger partial charge in [-0.05, 0) is 18.9 Å². The Bertz CT molecular complexity index is 504. The van der Waals surface area contributed by atoms with E-state index in [1.807, 2.05) is 4.90 Å². The molecule has 1 saturated carbocycles. The maximum Gasteiger partial charge on any atom is 0.254 e. The second kappa shape index (κ2) is 6.02. The first kappa shape index (κ1) is 13.8. The van der Waals surface area contributed by atoms with Crippen molar-refractivity contribution in [1.29, 1.82) is 0 Å². The Labute approximate surface area is 113 Å². The quantitative estimate of drug-likeness (QED) is 0.870. The molecule has 0 unspecified atom stereocenters. The Morgan fingerprint density at radius 2 is 2.16 bits per heavy atom. The van der Waals surface area contributed by atoms with Gasteiger partial charge >= 0.3 is 0 Å². The minimum absolute atomic E-state index is 0.0740. The zero-order valence-electron chi connectivity index (χ0n) is 11.3. The van der Waals surface area contributed by atoms with Crippen LogP contribution in [0, 0.1) is 0 Å². The van der Waals surface area contributed by atoms with E-state index in [0.29, 0.717) is 18.7 Å². The highest BCUT2D eigenvalue weighted by molar-refractivity contribution is 5.94. The van der Waals surface area contributed by atoms with Gasteiger partial charge < -0.3 is 15.2 Å². The molecule has 1 amide bonds. The van der Waals surface area contributed by atoms with Gasteiger partial charge in [-0.3, -0.25) is 9.59 Å². The Hall–Kier alpha value is -1.62. The second-order valence-corrected chi connectivity index (χ2v) is 5.09. The van der Waals surface area contributed by atoms with Crippen LogP contribution in [-0.2, 0) is 7.05 Å². The van der Waals surface area contributed by atoms with Crippen LogP contribution in [0.25, 0.3) is 0 Å². The molecule has 0 bridgehead atoms. The van der Waals surface area contributed by atoms with E-state index in [2.05, 4.69) is 0 Å². The molecule has 0 saturated heterocycles. The lowest BCUT2D eigenvalue weighted by atomic mass is 10.1. The van der Waals surface area contributed by atoms with Crippen LogP contribution < -0.4 is 11.3 Å². The minimum atomic E-state index is -0.162. The first-order chi connectivity index (χ1) is 9.13. The van der Waals surface area contributed by atoms with E-state index in [1.165, 1.54) is 10.6 Å². The van der Waals surface area contributed by atoms with Gasteiger partial charge in [0.05, 0.1) is 0 Å². The highest BCUT2D eigenvalue weighted by atomic mass is 16.2. The third-order valence-electron chi connectivity index (χ3n) is 3.75. The number of hydrogen-bond donors (Lipinski definition) is 1. The molecule has 1 aliphatic rings. The fraction of sp³-hybridized carbons (Fsp3) is 0.571. The molecule has 1 aliphatic carbocycles. The van der Waals surface area contributed by atoms with E-state index in [-0.39, 0.29) is 17.5 Å². The predicted molar refractivity (Wildman–Crippen MR) is 74.0 cm³/mol. The molecular weight excluding hydrogens is 242 g/mol. The number of carbonyl (C=O) groups excluding carboxylic acids is 1. The Morgan fingerprint density at radius 1 is 1.47 bits per heavy atom.